The van der Waals surface area contributed by atoms with Gasteiger partial charge in [0.1, 0.15) is 18.2 Å². The third kappa shape index (κ3) is 5.20. The van der Waals surface area contributed by atoms with Crippen LogP contribution in [0.3, 0.4) is 0 Å². The van der Waals surface area contributed by atoms with Crippen molar-refractivity contribution in [3.05, 3.63) is 65.5 Å². The first kappa shape index (κ1) is 23.8. The molecule has 3 aliphatic rings. The molecular weight excluding hydrogens is 447 g/mol. The lowest BCUT2D eigenvalue weighted by atomic mass is 9.76. The number of Topliss-reactive ketones (excluding diaryl/α,β-unsaturated/α-hetero) is 1. The van der Waals surface area contributed by atoms with E-state index in [1.165, 1.54) is 12.1 Å². The van der Waals surface area contributed by atoms with Crippen molar-refractivity contribution in [1.82, 2.24) is 9.80 Å². The molecule has 35 heavy (non-hydrogen) atoms. The summed E-state index contributed by atoms with van der Waals surface area (Å²) in [7, 11) is 1.66. The maximum atomic E-state index is 13.7. The number of benzene rings is 2. The van der Waals surface area contributed by atoms with E-state index in [4.69, 9.17) is 9.47 Å². The largest absolute Gasteiger partial charge is 0.497 e. The molecule has 3 heterocycles. The predicted molar refractivity (Wildman–Crippen MR) is 130 cm³/mol. The first-order valence-corrected chi connectivity index (χ1v) is 12.6. The molecular formula is C28H33FN2O4. The number of ether oxygens (including phenoxy) is 2. The Balaban J connectivity index is 1.27. The van der Waals surface area contributed by atoms with Crippen LogP contribution >= 0.6 is 0 Å². The summed E-state index contributed by atoms with van der Waals surface area (Å²) in [6.07, 6.45) is 3.14. The van der Waals surface area contributed by atoms with Gasteiger partial charge in [-0.15, -0.1) is 0 Å². The van der Waals surface area contributed by atoms with Crippen LogP contribution < -0.4 is 4.74 Å². The van der Waals surface area contributed by atoms with Crippen LogP contribution in [0.4, 0.5) is 9.18 Å². The lowest BCUT2D eigenvalue weighted by Gasteiger charge is -2.43. The fourth-order valence-electron chi connectivity index (χ4n) is 6.02. The molecule has 6 nitrogen and oxygen atoms in total. The number of halogens is 1. The van der Waals surface area contributed by atoms with Crippen molar-refractivity contribution in [2.75, 3.05) is 39.9 Å². The highest BCUT2D eigenvalue weighted by Gasteiger charge is 2.39. The lowest BCUT2D eigenvalue weighted by Crippen LogP contribution is -2.54. The zero-order valence-electron chi connectivity index (χ0n) is 20.2. The van der Waals surface area contributed by atoms with Gasteiger partial charge >= 0.3 is 6.03 Å². The minimum Gasteiger partial charge on any atom is -0.497 e. The molecule has 3 fully saturated rings. The van der Waals surface area contributed by atoms with Gasteiger partial charge in [-0.3, -0.25) is 4.79 Å². The van der Waals surface area contributed by atoms with Gasteiger partial charge in [-0.2, -0.15) is 0 Å². The summed E-state index contributed by atoms with van der Waals surface area (Å²) in [5, 5.41) is 0. The quantitative estimate of drug-likeness (QED) is 0.648. The second-order valence-electron chi connectivity index (χ2n) is 10.00. The van der Waals surface area contributed by atoms with Gasteiger partial charge in [-0.1, -0.05) is 24.3 Å². The number of urea groups is 1. The number of rotatable bonds is 4. The average Bonchev–Trinajstić information content (AvgIpc) is 2.89. The third-order valence-electron chi connectivity index (χ3n) is 7.85. The number of hydrogen-bond acceptors (Lipinski definition) is 4. The van der Waals surface area contributed by atoms with Gasteiger partial charge in [0.2, 0.25) is 0 Å². The second kappa shape index (κ2) is 10.4. The molecule has 3 atom stereocenters. The van der Waals surface area contributed by atoms with Crippen molar-refractivity contribution in [2.24, 2.45) is 11.8 Å². The third-order valence-corrected chi connectivity index (χ3v) is 7.85. The number of piperidine rings is 2. The number of nitrogens with zero attached hydrogens (tertiary/aromatic N) is 2. The van der Waals surface area contributed by atoms with E-state index in [2.05, 4.69) is 12.1 Å². The Morgan fingerprint density at radius 1 is 1.03 bits per heavy atom. The fourth-order valence-corrected chi connectivity index (χ4v) is 6.02. The molecule has 3 aliphatic heterocycles. The van der Waals surface area contributed by atoms with Crippen molar-refractivity contribution >= 4 is 11.8 Å². The monoisotopic (exact) mass is 480 g/mol. The molecule has 0 aromatic heterocycles. The van der Waals surface area contributed by atoms with E-state index in [-0.39, 0.29) is 42.2 Å². The van der Waals surface area contributed by atoms with Crippen LogP contribution in [0.2, 0.25) is 0 Å². The van der Waals surface area contributed by atoms with Crippen molar-refractivity contribution < 1.29 is 23.5 Å². The van der Waals surface area contributed by atoms with E-state index in [1.54, 1.807) is 7.11 Å². The van der Waals surface area contributed by atoms with Gasteiger partial charge in [-0.05, 0) is 60.6 Å². The Hall–Kier alpha value is -2.93. The van der Waals surface area contributed by atoms with E-state index < -0.39 is 0 Å². The summed E-state index contributed by atoms with van der Waals surface area (Å²) in [6.45, 7) is 2.86. The molecule has 2 aromatic carbocycles. The highest BCUT2D eigenvalue weighted by atomic mass is 19.1. The molecule has 0 radical (unpaired) electrons. The van der Waals surface area contributed by atoms with E-state index in [9.17, 15) is 14.0 Å². The highest BCUT2D eigenvalue weighted by Crippen LogP contribution is 2.39. The molecule has 0 saturated carbocycles. The number of methoxy groups -OCH3 is 1. The number of ketones is 1. The normalized spacial score (nSPS) is 24.1. The first-order chi connectivity index (χ1) is 17.0. The maximum Gasteiger partial charge on any atom is 0.320 e. The Labute approximate surface area is 206 Å². The summed E-state index contributed by atoms with van der Waals surface area (Å²) >= 11 is 0. The summed E-state index contributed by atoms with van der Waals surface area (Å²) in [4.78, 5) is 29.0. The molecule has 7 heteroatoms. The number of fused-ring (bicyclic) bond motifs is 1. The van der Waals surface area contributed by atoms with Crippen LogP contribution in [-0.2, 0) is 9.53 Å². The predicted octanol–water partition coefficient (Wildman–Crippen LogP) is 4.48. The molecule has 0 aliphatic carbocycles. The summed E-state index contributed by atoms with van der Waals surface area (Å²) in [5.41, 5.74) is 2.22. The molecule has 0 spiro atoms. The molecule has 3 saturated heterocycles. The zero-order chi connectivity index (χ0) is 24.4. The van der Waals surface area contributed by atoms with Gasteiger partial charge in [-0.25, -0.2) is 9.18 Å². The highest BCUT2D eigenvalue weighted by molar-refractivity contribution is 5.81. The van der Waals surface area contributed by atoms with Crippen molar-refractivity contribution in [3.63, 3.8) is 0 Å². The van der Waals surface area contributed by atoms with Gasteiger partial charge in [0, 0.05) is 44.4 Å². The van der Waals surface area contributed by atoms with Crippen LogP contribution in [0.25, 0.3) is 0 Å². The van der Waals surface area contributed by atoms with E-state index in [0.717, 1.165) is 36.1 Å². The number of carbonyl (C=O) groups is 2. The van der Waals surface area contributed by atoms with Gasteiger partial charge in [0.05, 0.1) is 13.2 Å². The SMILES string of the molecule is COc1cccc([C@H](c2ccc(F)cc2)C2CCN(C(=O)N3CC[C@@H]4OCC(=O)C[C@@H]4C3)CC2)c1. The molecule has 2 aromatic rings. The van der Waals surface area contributed by atoms with Gasteiger partial charge in [0.25, 0.3) is 0 Å². The summed E-state index contributed by atoms with van der Waals surface area (Å²) < 4.78 is 24.8. The first-order valence-electron chi connectivity index (χ1n) is 12.6. The molecule has 186 valence electrons. The van der Waals surface area contributed by atoms with Crippen LogP contribution in [0.5, 0.6) is 5.75 Å². The molecule has 0 unspecified atom stereocenters. The topological polar surface area (TPSA) is 59.1 Å². The Kier molecular flexibility index (Phi) is 7.04. The molecule has 0 bridgehead atoms. The standard InChI is InChI=1S/C28H33FN2O4/c1-34-25-4-2-3-21(16-25)27(19-5-7-23(29)8-6-19)20-9-12-30(13-10-20)28(33)31-14-11-26-22(17-31)15-24(32)18-35-26/h2-8,16,20,22,26-27H,9-15,17-18H2,1H3/t22-,26+,27-/m1/s1. The average molecular weight is 481 g/mol. The lowest BCUT2D eigenvalue weighted by molar-refractivity contribution is -0.140. The summed E-state index contributed by atoms with van der Waals surface area (Å²) in [6, 6.07) is 14.9. The molecule has 5 rings (SSSR count). The van der Waals surface area contributed by atoms with Crippen LogP contribution in [-0.4, -0.2) is 67.6 Å². The van der Waals surface area contributed by atoms with Gasteiger partial charge < -0.3 is 19.3 Å². The number of likely N-dealkylation sites (tertiary alicyclic amines) is 2. The minimum absolute atomic E-state index is 0.0691. The number of carbonyl (C=O) groups excluding carboxylic acids is 2. The van der Waals surface area contributed by atoms with Gasteiger partial charge in [0.15, 0.2) is 5.78 Å². The summed E-state index contributed by atoms with van der Waals surface area (Å²) in [5.74, 6) is 1.23. The van der Waals surface area contributed by atoms with Crippen molar-refractivity contribution in [2.45, 2.75) is 37.7 Å². The maximum absolute atomic E-state index is 13.7. The second-order valence-corrected chi connectivity index (χ2v) is 10.00. The van der Waals surface area contributed by atoms with Crippen molar-refractivity contribution in [1.29, 1.82) is 0 Å². The molecule has 2 amide bonds. The minimum atomic E-state index is -0.243. The fraction of sp³-hybridized carbons (Fsp3) is 0.500. The van der Waals surface area contributed by atoms with Crippen LogP contribution in [0.15, 0.2) is 48.5 Å². The van der Waals surface area contributed by atoms with Crippen LogP contribution in [0.1, 0.15) is 42.7 Å². The van der Waals surface area contributed by atoms with E-state index >= 15 is 0 Å². The van der Waals surface area contributed by atoms with E-state index in [0.29, 0.717) is 38.5 Å². The number of hydrogen-bond donors (Lipinski definition) is 0. The van der Waals surface area contributed by atoms with Crippen LogP contribution in [0, 0.1) is 17.7 Å². The smallest absolute Gasteiger partial charge is 0.320 e. The Morgan fingerprint density at radius 2 is 1.77 bits per heavy atom. The zero-order valence-corrected chi connectivity index (χ0v) is 20.2. The number of amides is 2. The van der Waals surface area contributed by atoms with E-state index in [1.807, 2.05) is 34.1 Å². The molecule has 0 N–H and O–H groups in total. The van der Waals surface area contributed by atoms with Crippen molar-refractivity contribution in [3.8, 4) is 5.75 Å². The Bertz CT molecular complexity index is 1050. The Morgan fingerprint density at radius 3 is 2.51 bits per heavy atom.